The highest BCUT2D eigenvalue weighted by Gasteiger charge is 2.24. The van der Waals surface area contributed by atoms with Crippen LogP contribution < -0.4 is 10.1 Å². The number of hydrogen-bond donors (Lipinski definition) is 1. The molecular weight excluding hydrogens is 212 g/mol. The van der Waals surface area contributed by atoms with Gasteiger partial charge in [-0.15, -0.1) is 0 Å². The van der Waals surface area contributed by atoms with Crippen molar-refractivity contribution in [2.24, 2.45) is 0 Å². The van der Waals surface area contributed by atoms with Crippen molar-refractivity contribution in [3.8, 4) is 11.8 Å². The van der Waals surface area contributed by atoms with Crippen molar-refractivity contribution in [3.63, 3.8) is 0 Å². The first-order chi connectivity index (χ1) is 8.29. The number of para-hydroxylation sites is 1. The molecule has 1 fully saturated rings. The molecule has 0 aliphatic heterocycles. The summed E-state index contributed by atoms with van der Waals surface area (Å²) in [5.74, 6) is 0.913. The molecule has 1 aromatic rings. The summed E-state index contributed by atoms with van der Waals surface area (Å²) in [6.07, 6.45) is 3.15. The van der Waals surface area contributed by atoms with Crippen molar-refractivity contribution in [2.45, 2.75) is 38.3 Å². The average Bonchev–Trinajstić information content (AvgIpc) is 3.14. The highest BCUT2D eigenvalue weighted by atomic mass is 16.5. The molecule has 90 valence electrons. The second-order valence-corrected chi connectivity index (χ2v) is 4.53. The number of nitrogens with one attached hydrogen (secondary N) is 1. The fraction of sp³-hybridized carbons (Fsp3) is 0.500. The number of benzene rings is 1. The zero-order valence-electron chi connectivity index (χ0n) is 10.1. The third kappa shape index (κ3) is 3.76. The van der Waals surface area contributed by atoms with Crippen LogP contribution in [0.25, 0.3) is 0 Å². The number of ether oxygens (including phenoxy) is 1. The Bertz CT molecular complexity index is 407. The molecule has 3 nitrogen and oxygen atoms in total. The zero-order chi connectivity index (χ0) is 12.1. The smallest absolute Gasteiger partial charge is 0.122 e. The van der Waals surface area contributed by atoms with E-state index in [9.17, 15) is 0 Å². The van der Waals surface area contributed by atoms with E-state index in [-0.39, 0.29) is 6.04 Å². The van der Waals surface area contributed by atoms with E-state index >= 15 is 0 Å². The molecule has 0 saturated heterocycles. The van der Waals surface area contributed by atoms with Crippen molar-refractivity contribution in [2.75, 3.05) is 6.61 Å². The summed E-state index contributed by atoms with van der Waals surface area (Å²) >= 11 is 0. The number of aryl methyl sites for hydroxylation is 1. The van der Waals surface area contributed by atoms with Crippen molar-refractivity contribution < 1.29 is 4.74 Å². The first-order valence-corrected chi connectivity index (χ1v) is 6.13. The highest BCUT2D eigenvalue weighted by Crippen LogP contribution is 2.20. The number of nitrogens with zero attached hydrogens (tertiary/aromatic N) is 1. The van der Waals surface area contributed by atoms with Crippen LogP contribution in [0.15, 0.2) is 24.3 Å². The molecule has 17 heavy (non-hydrogen) atoms. The van der Waals surface area contributed by atoms with Crippen LogP contribution in [0.3, 0.4) is 0 Å². The summed E-state index contributed by atoms with van der Waals surface area (Å²) in [4.78, 5) is 0. The summed E-state index contributed by atoms with van der Waals surface area (Å²) in [7, 11) is 0. The van der Waals surface area contributed by atoms with Gasteiger partial charge < -0.3 is 4.74 Å². The predicted octanol–water partition coefficient (Wildman–Crippen LogP) is 2.41. The zero-order valence-corrected chi connectivity index (χ0v) is 10.1. The van der Waals surface area contributed by atoms with Gasteiger partial charge >= 0.3 is 0 Å². The van der Waals surface area contributed by atoms with E-state index in [0.29, 0.717) is 12.6 Å². The maximum Gasteiger partial charge on any atom is 0.122 e. The first kappa shape index (κ1) is 11.9. The summed E-state index contributed by atoms with van der Waals surface area (Å²) in [6, 6.07) is 10.7. The molecule has 0 radical (unpaired) electrons. The van der Waals surface area contributed by atoms with Gasteiger partial charge in [0.2, 0.25) is 0 Å². The van der Waals surface area contributed by atoms with Crippen LogP contribution in [0.1, 0.15) is 24.8 Å². The van der Waals surface area contributed by atoms with E-state index < -0.39 is 0 Å². The Morgan fingerprint density at radius 3 is 2.88 bits per heavy atom. The molecular formula is C14H18N2O. The Morgan fingerprint density at radius 1 is 1.47 bits per heavy atom. The molecule has 0 heterocycles. The molecule has 1 unspecified atom stereocenters. The SMILES string of the molecule is Cc1ccccc1OCCC(C#N)NC1CC1. The average molecular weight is 230 g/mol. The maximum absolute atomic E-state index is 8.99. The van der Waals surface area contributed by atoms with E-state index in [2.05, 4.69) is 11.4 Å². The lowest BCUT2D eigenvalue weighted by Crippen LogP contribution is -2.31. The minimum absolute atomic E-state index is 0.0773. The quantitative estimate of drug-likeness (QED) is 0.816. The van der Waals surface area contributed by atoms with E-state index in [0.717, 1.165) is 17.7 Å². The monoisotopic (exact) mass is 230 g/mol. The molecule has 2 rings (SSSR count). The first-order valence-electron chi connectivity index (χ1n) is 6.13. The number of nitriles is 1. The third-order valence-electron chi connectivity index (χ3n) is 2.93. The van der Waals surface area contributed by atoms with E-state index in [1.165, 1.54) is 12.8 Å². The molecule has 1 atom stereocenters. The minimum Gasteiger partial charge on any atom is -0.493 e. The fourth-order valence-electron chi connectivity index (χ4n) is 1.72. The van der Waals surface area contributed by atoms with E-state index in [1.54, 1.807) is 0 Å². The van der Waals surface area contributed by atoms with Crippen molar-refractivity contribution in [3.05, 3.63) is 29.8 Å². The summed E-state index contributed by atoms with van der Waals surface area (Å²) in [6.45, 7) is 2.61. The largest absolute Gasteiger partial charge is 0.493 e. The van der Waals surface area contributed by atoms with E-state index in [4.69, 9.17) is 10.00 Å². The van der Waals surface area contributed by atoms with Gasteiger partial charge in [-0.1, -0.05) is 18.2 Å². The number of hydrogen-bond acceptors (Lipinski definition) is 3. The van der Waals surface area contributed by atoms with Crippen LogP contribution >= 0.6 is 0 Å². The molecule has 1 aromatic carbocycles. The molecule has 1 aliphatic carbocycles. The lowest BCUT2D eigenvalue weighted by Gasteiger charge is -2.12. The standard InChI is InChI=1S/C14H18N2O/c1-11-4-2-3-5-14(11)17-9-8-13(10-15)16-12-6-7-12/h2-5,12-13,16H,6-9H2,1H3. The molecule has 0 amide bonds. The molecule has 0 spiro atoms. The molecule has 1 aliphatic rings. The second kappa shape index (κ2) is 5.70. The lowest BCUT2D eigenvalue weighted by molar-refractivity contribution is 0.295. The van der Waals surface area contributed by atoms with Gasteiger partial charge in [0.05, 0.1) is 18.7 Å². The van der Waals surface area contributed by atoms with Gasteiger partial charge in [-0.25, -0.2) is 0 Å². The third-order valence-corrected chi connectivity index (χ3v) is 2.93. The summed E-state index contributed by atoms with van der Waals surface area (Å²) in [5, 5.41) is 12.3. The van der Waals surface area contributed by atoms with Gasteiger partial charge in [0.1, 0.15) is 5.75 Å². The lowest BCUT2D eigenvalue weighted by atomic mass is 10.2. The summed E-state index contributed by atoms with van der Waals surface area (Å²) in [5.41, 5.74) is 1.14. The highest BCUT2D eigenvalue weighted by molar-refractivity contribution is 5.31. The molecule has 1 N–H and O–H groups in total. The maximum atomic E-state index is 8.99. The van der Waals surface area contributed by atoms with Crippen molar-refractivity contribution in [1.29, 1.82) is 5.26 Å². The second-order valence-electron chi connectivity index (χ2n) is 4.53. The minimum atomic E-state index is -0.0773. The van der Waals surface area contributed by atoms with Gasteiger partial charge in [-0.05, 0) is 31.4 Å². The normalized spacial score (nSPS) is 16.2. The van der Waals surface area contributed by atoms with Gasteiger partial charge in [0.15, 0.2) is 0 Å². The van der Waals surface area contributed by atoms with Gasteiger partial charge in [0.25, 0.3) is 0 Å². The van der Waals surface area contributed by atoms with Gasteiger partial charge in [0, 0.05) is 12.5 Å². The van der Waals surface area contributed by atoms with Crippen molar-refractivity contribution >= 4 is 0 Å². The van der Waals surface area contributed by atoms with Crippen LogP contribution in [0.5, 0.6) is 5.75 Å². The Morgan fingerprint density at radius 2 is 2.24 bits per heavy atom. The van der Waals surface area contributed by atoms with Crippen LogP contribution in [0.4, 0.5) is 0 Å². The van der Waals surface area contributed by atoms with E-state index in [1.807, 2.05) is 31.2 Å². The predicted molar refractivity (Wildman–Crippen MR) is 66.8 cm³/mol. The summed E-state index contributed by atoms with van der Waals surface area (Å²) < 4.78 is 5.68. The number of rotatable bonds is 6. The van der Waals surface area contributed by atoms with Gasteiger partial charge in [-0.3, -0.25) is 5.32 Å². The van der Waals surface area contributed by atoms with Crippen LogP contribution in [-0.2, 0) is 0 Å². The van der Waals surface area contributed by atoms with Crippen LogP contribution in [0, 0.1) is 18.3 Å². The fourth-order valence-corrected chi connectivity index (χ4v) is 1.72. The molecule has 1 saturated carbocycles. The van der Waals surface area contributed by atoms with Crippen LogP contribution in [-0.4, -0.2) is 18.7 Å². The Kier molecular flexibility index (Phi) is 4.00. The Balaban J connectivity index is 1.74. The van der Waals surface area contributed by atoms with Gasteiger partial charge in [-0.2, -0.15) is 5.26 Å². The van der Waals surface area contributed by atoms with Crippen molar-refractivity contribution in [1.82, 2.24) is 5.32 Å². The topological polar surface area (TPSA) is 45.0 Å². The molecule has 0 aromatic heterocycles. The molecule has 3 heteroatoms. The molecule has 0 bridgehead atoms. The van der Waals surface area contributed by atoms with Crippen LogP contribution in [0.2, 0.25) is 0 Å². The Hall–Kier alpha value is -1.53. The Labute approximate surface area is 102 Å².